The molecule has 0 aliphatic heterocycles. The van der Waals surface area contributed by atoms with E-state index in [0.717, 1.165) is 22.6 Å². The van der Waals surface area contributed by atoms with E-state index in [1.807, 2.05) is 42.6 Å². The van der Waals surface area contributed by atoms with Crippen molar-refractivity contribution in [2.75, 3.05) is 0 Å². The Labute approximate surface area is 99.0 Å². The second kappa shape index (κ2) is 5.03. The molecule has 0 N–H and O–H groups in total. The number of thiazole rings is 1. The number of carbonyl (C=O) groups excluding carboxylic acids is 1. The van der Waals surface area contributed by atoms with Crippen LogP contribution in [0.1, 0.15) is 22.2 Å². The van der Waals surface area contributed by atoms with Crippen molar-refractivity contribution in [3.8, 4) is 0 Å². The lowest BCUT2D eigenvalue weighted by Gasteiger charge is -2.07. The van der Waals surface area contributed by atoms with Crippen LogP contribution < -0.4 is 0 Å². The summed E-state index contributed by atoms with van der Waals surface area (Å²) < 4.78 is 0. The molecule has 16 heavy (non-hydrogen) atoms. The molecule has 0 radical (unpaired) electrons. The molecule has 0 aliphatic carbocycles. The zero-order valence-corrected chi connectivity index (χ0v) is 9.91. The minimum Gasteiger partial charge on any atom is -0.303 e. The van der Waals surface area contributed by atoms with Crippen LogP contribution >= 0.6 is 11.3 Å². The monoisotopic (exact) mass is 231 g/mol. The quantitative estimate of drug-likeness (QED) is 0.757. The predicted molar refractivity (Wildman–Crippen MR) is 65.8 cm³/mol. The molecule has 1 aromatic carbocycles. The Kier molecular flexibility index (Phi) is 3.47. The van der Waals surface area contributed by atoms with Crippen molar-refractivity contribution < 1.29 is 4.79 Å². The van der Waals surface area contributed by atoms with Crippen LogP contribution in [0, 0.1) is 6.92 Å². The fourth-order valence-electron chi connectivity index (χ4n) is 1.63. The van der Waals surface area contributed by atoms with Gasteiger partial charge in [0.1, 0.15) is 6.29 Å². The maximum atomic E-state index is 11.1. The summed E-state index contributed by atoms with van der Waals surface area (Å²) >= 11 is 1.62. The molecule has 0 fully saturated rings. The number of benzene rings is 1. The van der Waals surface area contributed by atoms with Gasteiger partial charge in [0.25, 0.3) is 0 Å². The van der Waals surface area contributed by atoms with Crippen molar-refractivity contribution in [1.82, 2.24) is 4.98 Å². The Balaban J connectivity index is 2.15. The number of aryl methyl sites for hydroxylation is 1. The van der Waals surface area contributed by atoms with Gasteiger partial charge in [-0.3, -0.25) is 0 Å². The van der Waals surface area contributed by atoms with Gasteiger partial charge < -0.3 is 4.79 Å². The van der Waals surface area contributed by atoms with Crippen molar-refractivity contribution in [1.29, 1.82) is 0 Å². The van der Waals surface area contributed by atoms with Crippen LogP contribution in [0.25, 0.3) is 0 Å². The van der Waals surface area contributed by atoms with Gasteiger partial charge in [-0.15, -0.1) is 11.3 Å². The minimum atomic E-state index is -0.0771. The summed E-state index contributed by atoms with van der Waals surface area (Å²) in [7, 11) is 0. The molecule has 0 spiro atoms. The average molecular weight is 231 g/mol. The van der Waals surface area contributed by atoms with E-state index in [0.29, 0.717) is 6.42 Å². The molecule has 2 aromatic rings. The topological polar surface area (TPSA) is 30.0 Å². The summed E-state index contributed by atoms with van der Waals surface area (Å²) in [6.45, 7) is 1.97. The van der Waals surface area contributed by atoms with Gasteiger partial charge in [0, 0.05) is 23.4 Å². The molecule has 1 aromatic heterocycles. The smallest absolute Gasteiger partial charge is 0.127 e. The lowest BCUT2D eigenvalue weighted by molar-refractivity contribution is -0.109. The van der Waals surface area contributed by atoms with Gasteiger partial charge >= 0.3 is 0 Å². The van der Waals surface area contributed by atoms with Crippen LogP contribution in [0.2, 0.25) is 0 Å². The van der Waals surface area contributed by atoms with Gasteiger partial charge in [-0.2, -0.15) is 0 Å². The van der Waals surface area contributed by atoms with E-state index in [9.17, 15) is 4.79 Å². The Morgan fingerprint density at radius 2 is 2.12 bits per heavy atom. The first-order valence-corrected chi connectivity index (χ1v) is 6.09. The normalized spacial score (nSPS) is 12.3. The van der Waals surface area contributed by atoms with Gasteiger partial charge in [0.05, 0.1) is 5.01 Å². The Morgan fingerprint density at radius 3 is 2.69 bits per heavy atom. The molecule has 0 saturated heterocycles. The Hall–Kier alpha value is -1.48. The highest BCUT2D eigenvalue weighted by Crippen LogP contribution is 2.20. The van der Waals surface area contributed by atoms with Gasteiger partial charge in [0.2, 0.25) is 0 Å². The second-order valence-electron chi connectivity index (χ2n) is 3.74. The first-order valence-electron chi connectivity index (χ1n) is 5.21. The Bertz CT molecular complexity index is 464. The molecule has 0 saturated carbocycles. The van der Waals surface area contributed by atoms with Gasteiger partial charge in [-0.05, 0) is 12.5 Å². The van der Waals surface area contributed by atoms with Crippen LogP contribution in [-0.2, 0) is 11.2 Å². The standard InChI is InChI=1S/C13H13NOS/c1-10-9-16-13(14-10)7-12(8-15)11-5-3-2-4-6-11/h2-6,8-9,12H,7H2,1H3. The van der Waals surface area contributed by atoms with E-state index >= 15 is 0 Å². The predicted octanol–water partition coefficient (Wildman–Crippen LogP) is 2.98. The van der Waals surface area contributed by atoms with E-state index in [2.05, 4.69) is 4.98 Å². The molecule has 2 nitrogen and oxygen atoms in total. The summed E-state index contributed by atoms with van der Waals surface area (Å²) in [6.07, 6.45) is 1.71. The SMILES string of the molecule is Cc1csc(CC(C=O)c2ccccc2)n1. The van der Waals surface area contributed by atoms with Crippen LogP contribution in [0.4, 0.5) is 0 Å². The first kappa shape index (κ1) is 11.0. The highest BCUT2D eigenvalue weighted by atomic mass is 32.1. The van der Waals surface area contributed by atoms with E-state index in [-0.39, 0.29) is 5.92 Å². The lowest BCUT2D eigenvalue weighted by Crippen LogP contribution is -2.04. The fourth-order valence-corrected chi connectivity index (χ4v) is 2.46. The highest BCUT2D eigenvalue weighted by Gasteiger charge is 2.12. The van der Waals surface area contributed by atoms with Crippen molar-refractivity contribution in [2.45, 2.75) is 19.3 Å². The van der Waals surface area contributed by atoms with Crippen molar-refractivity contribution in [3.63, 3.8) is 0 Å². The molecule has 1 heterocycles. The van der Waals surface area contributed by atoms with E-state index in [1.54, 1.807) is 11.3 Å². The molecule has 1 unspecified atom stereocenters. The van der Waals surface area contributed by atoms with Crippen molar-refractivity contribution in [2.24, 2.45) is 0 Å². The third-order valence-corrected chi connectivity index (χ3v) is 3.44. The minimum absolute atomic E-state index is 0.0771. The molecule has 0 bridgehead atoms. The number of hydrogen-bond donors (Lipinski definition) is 0. The maximum absolute atomic E-state index is 11.1. The van der Waals surface area contributed by atoms with E-state index in [1.165, 1.54) is 0 Å². The Morgan fingerprint density at radius 1 is 1.38 bits per heavy atom. The number of aldehydes is 1. The molecule has 0 aliphatic rings. The van der Waals surface area contributed by atoms with E-state index in [4.69, 9.17) is 0 Å². The average Bonchev–Trinajstić information content (AvgIpc) is 2.73. The molecule has 1 atom stereocenters. The number of carbonyl (C=O) groups is 1. The number of rotatable bonds is 4. The third kappa shape index (κ3) is 2.55. The molecular weight excluding hydrogens is 218 g/mol. The number of aromatic nitrogens is 1. The summed E-state index contributed by atoms with van der Waals surface area (Å²) in [4.78, 5) is 15.5. The first-order chi connectivity index (χ1) is 7.79. The molecule has 3 heteroatoms. The highest BCUT2D eigenvalue weighted by molar-refractivity contribution is 7.09. The second-order valence-corrected chi connectivity index (χ2v) is 4.68. The zero-order chi connectivity index (χ0) is 11.4. The van der Waals surface area contributed by atoms with Gasteiger partial charge in [0.15, 0.2) is 0 Å². The fraction of sp³-hybridized carbons (Fsp3) is 0.231. The molecule has 2 rings (SSSR count). The van der Waals surface area contributed by atoms with E-state index < -0.39 is 0 Å². The zero-order valence-electron chi connectivity index (χ0n) is 9.09. The van der Waals surface area contributed by atoms with Crippen LogP contribution in [-0.4, -0.2) is 11.3 Å². The largest absolute Gasteiger partial charge is 0.303 e. The van der Waals surface area contributed by atoms with Crippen molar-refractivity contribution >= 4 is 17.6 Å². The molecule has 82 valence electrons. The van der Waals surface area contributed by atoms with Crippen molar-refractivity contribution in [3.05, 3.63) is 52.0 Å². The van der Waals surface area contributed by atoms with Crippen LogP contribution in [0.15, 0.2) is 35.7 Å². The summed E-state index contributed by atoms with van der Waals surface area (Å²) in [5.74, 6) is -0.0771. The number of nitrogens with zero attached hydrogens (tertiary/aromatic N) is 1. The lowest BCUT2D eigenvalue weighted by atomic mass is 9.98. The molecular formula is C13H13NOS. The maximum Gasteiger partial charge on any atom is 0.127 e. The summed E-state index contributed by atoms with van der Waals surface area (Å²) in [6, 6.07) is 9.84. The summed E-state index contributed by atoms with van der Waals surface area (Å²) in [5, 5.41) is 3.04. The molecule has 0 amide bonds. The van der Waals surface area contributed by atoms with Gasteiger partial charge in [-0.1, -0.05) is 30.3 Å². The van der Waals surface area contributed by atoms with Crippen LogP contribution in [0.3, 0.4) is 0 Å². The van der Waals surface area contributed by atoms with Gasteiger partial charge in [-0.25, -0.2) is 4.98 Å². The summed E-state index contributed by atoms with van der Waals surface area (Å²) in [5.41, 5.74) is 2.09. The number of hydrogen-bond acceptors (Lipinski definition) is 3. The van der Waals surface area contributed by atoms with Crippen LogP contribution in [0.5, 0.6) is 0 Å². The third-order valence-electron chi connectivity index (χ3n) is 2.45.